The Kier molecular flexibility index (Phi) is 5.46. The molecule has 0 bridgehead atoms. The lowest BCUT2D eigenvalue weighted by molar-refractivity contribution is 0.0125. The molecule has 1 aromatic rings. The molecule has 0 atom stereocenters. The third-order valence-corrected chi connectivity index (χ3v) is 3.82. The van der Waals surface area contributed by atoms with E-state index in [1.807, 2.05) is 13.0 Å². The molecule has 20 heavy (non-hydrogen) atoms. The summed E-state index contributed by atoms with van der Waals surface area (Å²) in [5, 5.41) is 0. The highest BCUT2D eigenvalue weighted by atomic mass is 32.1. The van der Waals surface area contributed by atoms with Crippen LogP contribution in [0.25, 0.3) is 0 Å². The summed E-state index contributed by atoms with van der Waals surface area (Å²) in [6, 6.07) is 4.81. The minimum absolute atomic E-state index is 0.237. The molecule has 1 fully saturated rings. The van der Waals surface area contributed by atoms with Crippen molar-refractivity contribution in [2.75, 3.05) is 19.7 Å². The first kappa shape index (κ1) is 15.4. The van der Waals surface area contributed by atoms with Crippen LogP contribution in [0.4, 0.5) is 4.39 Å². The molecule has 110 valence electrons. The first-order chi connectivity index (χ1) is 9.58. The van der Waals surface area contributed by atoms with Crippen LogP contribution in [-0.4, -0.2) is 35.7 Å². The highest BCUT2D eigenvalue weighted by Crippen LogP contribution is 2.17. The summed E-state index contributed by atoms with van der Waals surface area (Å²) >= 11 is 4.91. The topological polar surface area (TPSA) is 38.5 Å². The van der Waals surface area contributed by atoms with E-state index in [0.717, 1.165) is 44.6 Å². The van der Waals surface area contributed by atoms with Crippen LogP contribution in [0.2, 0.25) is 0 Å². The molecule has 1 aliphatic rings. The van der Waals surface area contributed by atoms with Gasteiger partial charge in [-0.15, -0.1) is 0 Å². The molecular formula is C15H21FN2OS. The van der Waals surface area contributed by atoms with Gasteiger partial charge in [0.2, 0.25) is 0 Å². The van der Waals surface area contributed by atoms with Crippen LogP contribution in [0, 0.1) is 5.82 Å². The summed E-state index contributed by atoms with van der Waals surface area (Å²) in [7, 11) is 0. The number of piperidine rings is 1. The van der Waals surface area contributed by atoms with Crippen LogP contribution >= 0.6 is 12.2 Å². The second-order valence-electron chi connectivity index (χ2n) is 5.14. The van der Waals surface area contributed by atoms with Gasteiger partial charge >= 0.3 is 0 Å². The number of hydrogen-bond donors (Lipinski definition) is 1. The van der Waals surface area contributed by atoms with Gasteiger partial charge in [0, 0.05) is 31.8 Å². The van der Waals surface area contributed by atoms with Gasteiger partial charge in [-0.1, -0.05) is 12.2 Å². The van der Waals surface area contributed by atoms with Crippen molar-refractivity contribution in [2.45, 2.75) is 32.4 Å². The molecule has 1 aliphatic heterocycles. The van der Waals surface area contributed by atoms with Crippen molar-refractivity contribution in [1.82, 2.24) is 4.90 Å². The molecule has 3 nitrogen and oxygen atoms in total. The molecule has 0 radical (unpaired) electrons. The van der Waals surface area contributed by atoms with Crippen LogP contribution in [0.3, 0.4) is 0 Å². The van der Waals surface area contributed by atoms with Crippen molar-refractivity contribution in [2.24, 2.45) is 5.73 Å². The van der Waals surface area contributed by atoms with Crippen LogP contribution in [-0.2, 0) is 11.3 Å². The Morgan fingerprint density at radius 1 is 1.40 bits per heavy atom. The average molecular weight is 296 g/mol. The number of rotatable bonds is 5. The number of ether oxygens (including phenoxy) is 1. The maximum Gasteiger partial charge on any atom is 0.124 e. The van der Waals surface area contributed by atoms with Crippen molar-refractivity contribution in [1.29, 1.82) is 0 Å². The second-order valence-corrected chi connectivity index (χ2v) is 5.58. The lowest BCUT2D eigenvalue weighted by atomic mass is 10.1. The van der Waals surface area contributed by atoms with E-state index >= 15 is 0 Å². The fourth-order valence-corrected chi connectivity index (χ4v) is 2.73. The standard InChI is InChI=1S/C15H21FN2OS/c1-2-19-14-3-5-18(6-4-14)10-11-7-12(15(17)20)9-13(16)8-11/h7-9,14H,2-6,10H2,1H3,(H2,17,20). The van der Waals surface area contributed by atoms with E-state index in [4.69, 9.17) is 22.7 Å². The molecule has 1 heterocycles. The van der Waals surface area contributed by atoms with Gasteiger partial charge in [-0.25, -0.2) is 4.39 Å². The SMILES string of the molecule is CCOC1CCN(Cc2cc(F)cc(C(N)=S)c2)CC1. The minimum atomic E-state index is -0.283. The number of nitrogens with two attached hydrogens (primary N) is 1. The number of nitrogens with zero attached hydrogens (tertiary/aromatic N) is 1. The van der Waals surface area contributed by atoms with E-state index in [1.165, 1.54) is 6.07 Å². The second kappa shape index (κ2) is 7.11. The van der Waals surface area contributed by atoms with Gasteiger partial charge in [0.15, 0.2) is 0 Å². The van der Waals surface area contributed by atoms with E-state index in [9.17, 15) is 4.39 Å². The molecule has 5 heteroatoms. The summed E-state index contributed by atoms with van der Waals surface area (Å²) < 4.78 is 19.2. The van der Waals surface area contributed by atoms with Gasteiger partial charge in [-0.2, -0.15) is 0 Å². The lowest BCUT2D eigenvalue weighted by Gasteiger charge is -2.31. The number of benzene rings is 1. The number of hydrogen-bond acceptors (Lipinski definition) is 3. The van der Waals surface area contributed by atoms with Crippen molar-refractivity contribution in [3.63, 3.8) is 0 Å². The fourth-order valence-electron chi connectivity index (χ4n) is 2.61. The van der Waals surface area contributed by atoms with Crippen molar-refractivity contribution < 1.29 is 9.13 Å². The normalized spacial score (nSPS) is 17.3. The Morgan fingerprint density at radius 2 is 2.10 bits per heavy atom. The Balaban J connectivity index is 1.96. The molecule has 2 rings (SSSR count). The predicted molar refractivity (Wildman–Crippen MR) is 82.2 cm³/mol. The Hall–Kier alpha value is -1.04. The highest BCUT2D eigenvalue weighted by Gasteiger charge is 2.19. The first-order valence-corrected chi connectivity index (χ1v) is 7.42. The van der Waals surface area contributed by atoms with Crippen LogP contribution in [0.15, 0.2) is 18.2 Å². The maximum atomic E-state index is 13.6. The van der Waals surface area contributed by atoms with E-state index in [1.54, 1.807) is 6.07 Å². The lowest BCUT2D eigenvalue weighted by Crippen LogP contribution is -2.36. The molecule has 1 saturated heterocycles. The summed E-state index contributed by atoms with van der Waals surface area (Å²) in [4.78, 5) is 2.55. The average Bonchev–Trinajstić information content (AvgIpc) is 2.40. The zero-order chi connectivity index (χ0) is 14.5. The third kappa shape index (κ3) is 4.23. The molecule has 0 saturated carbocycles. The molecule has 1 aromatic carbocycles. The maximum absolute atomic E-state index is 13.6. The molecule has 0 unspecified atom stereocenters. The Morgan fingerprint density at radius 3 is 2.70 bits per heavy atom. The van der Waals surface area contributed by atoms with Gasteiger partial charge in [-0.05, 0) is 43.5 Å². The number of halogens is 1. The highest BCUT2D eigenvalue weighted by molar-refractivity contribution is 7.80. The summed E-state index contributed by atoms with van der Waals surface area (Å²) in [6.07, 6.45) is 2.44. The van der Waals surface area contributed by atoms with Gasteiger partial charge in [0.05, 0.1) is 6.10 Å². The molecule has 0 aliphatic carbocycles. The van der Waals surface area contributed by atoms with Crippen LogP contribution in [0.5, 0.6) is 0 Å². The first-order valence-electron chi connectivity index (χ1n) is 7.01. The van der Waals surface area contributed by atoms with Crippen molar-refractivity contribution >= 4 is 17.2 Å². The molecule has 0 spiro atoms. The number of thiocarbonyl (C=S) groups is 1. The van der Waals surface area contributed by atoms with Gasteiger partial charge in [0.25, 0.3) is 0 Å². The summed E-state index contributed by atoms with van der Waals surface area (Å²) in [5.41, 5.74) is 7.09. The Labute approximate surface area is 124 Å². The smallest absolute Gasteiger partial charge is 0.124 e. The monoisotopic (exact) mass is 296 g/mol. The van der Waals surface area contributed by atoms with E-state index in [-0.39, 0.29) is 10.8 Å². The Bertz CT molecular complexity index is 473. The largest absolute Gasteiger partial charge is 0.389 e. The molecule has 2 N–H and O–H groups in total. The summed E-state index contributed by atoms with van der Waals surface area (Å²) in [5.74, 6) is -0.283. The van der Waals surface area contributed by atoms with Crippen LogP contribution in [0.1, 0.15) is 30.9 Å². The van der Waals surface area contributed by atoms with Gasteiger partial charge < -0.3 is 10.5 Å². The zero-order valence-corrected chi connectivity index (χ0v) is 12.6. The van der Waals surface area contributed by atoms with Crippen molar-refractivity contribution in [3.8, 4) is 0 Å². The van der Waals surface area contributed by atoms with Gasteiger partial charge in [0.1, 0.15) is 10.8 Å². The third-order valence-electron chi connectivity index (χ3n) is 3.59. The van der Waals surface area contributed by atoms with Crippen LogP contribution < -0.4 is 5.73 Å². The molecule has 0 amide bonds. The summed E-state index contributed by atoms with van der Waals surface area (Å²) in [6.45, 7) is 5.47. The molecular weight excluding hydrogens is 275 g/mol. The fraction of sp³-hybridized carbons (Fsp3) is 0.533. The number of likely N-dealkylation sites (tertiary alicyclic amines) is 1. The van der Waals surface area contributed by atoms with Gasteiger partial charge in [-0.3, -0.25) is 4.90 Å². The molecule has 0 aromatic heterocycles. The predicted octanol–water partition coefficient (Wildman–Crippen LogP) is 2.46. The van der Waals surface area contributed by atoms with Crippen molar-refractivity contribution in [3.05, 3.63) is 35.1 Å². The quantitative estimate of drug-likeness (QED) is 0.847. The minimum Gasteiger partial charge on any atom is -0.389 e. The van der Waals surface area contributed by atoms with E-state index in [0.29, 0.717) is 11.7 Å². The zero-order valence-electron chi connectivity index (χ0n) is 11.8. The van der Waals surface area contributed by atoms with E-state index in [2.05, 4.69) is 4.90 Å². The van der Waals surface area contributed by atoms with E-state index < -0.39 is 0 Å².